The number of rotatable bonds is 15. The molecule has 2 unspecified atom stereocenters. The molecule has 2 N–H and O–H groups in total. The molecule has 2 aromatic carbocycles. The Bertz CT molecular complexity index is 1920. The number of nitrogens with one attached hydrogen (secondary N) is 2. The lowest BCUT2D eigenvalue weighted by Gasteiger charge is -2.40. The van der Waals surface area contributed by atoms with Gasteiger partial charge in [-0.15, -0.1) is 0 Å². The quantitative estimate of drug-likeness (QED) is 0.210. The number of methoxy groups -OCH3 is 1. The number of piperidine rings is 1. The third-order valence-electron chi connectivity index (χ3n) is 10.3. The van der Waals surface area contributed by atoms with Crippen LogP contribution < -0.4 is 10.6 Å². The summed E-state index contributed by atoms with van der Waals surface area (Å²) in [6.45, 7) is 8.46. The molecule has 56 heavy (non-hydrogen) atoms. The molecule has 3 aromatic rings. The molecule has 1 aromatic heterocycles. The molecule has 0 spiro atoms. The highest BCUT2D eigenvalue weighted by Gasteiger charge is 2.40. The smallest absolute Gasteiger partial charge is 0.408 e. The molecule has 0 bridgehead atoms. The minimum atomic E-state index is -1.38. The Morgan fingerprint density at radius 3 is 2.48 bits per heavy atom. The number of esters is 1. The Morgan fingerprint density at radius 1 is 1.02 bits per heavy atom. The van der Waals surface area contributed by atoms with Gasteiger partial charge in [-0.2, -0.15) is 5.26 Å². The second-order valence-electron chi connectivity index (χ2n) is 15.5. The molecule has 2 aliphatic heterocycles. The van der Waals surface area contributed by atoms with Crippen LogP contribution in [0.2, 0.25) is 0 Å². The highest BCUT2D eigenvalue weighted by Crippen LogP contribution is 2.27. The molecule has 3 heterocycles. The van der Waals surface area contributed by atoms with E-state index in [1.54, 1.807) is 52.1 Å². The molecule has 14 nitrogen and oxygen atoms in total. The van der Waals surface area contributed by atoms with Gasteiger partial charge in [-0.25, -0.2) is 9.59 Å². The van der Waals surface area contributed by atoms with Crippen molar-refractivity contribution in [3.05, 3.63) is 71.4 Å². The molecule has 2 aliphatic rings. The number of fused-ring (bicyclic) bond motifs is 1. The summed E-state index contributed by atoms with van der Waals surface area (Å²) in [5.74, 6) is -2.05. The summed E-state index contributed by atoms with van der Waals surface area (Å²) in [4.78, 5) is 70.5. The van der Waals surface area contributed by atoms with Crippen LogP contribution >= 0.6 is 0 Å². The van der Waals surface area contributed by atoms with Crippen LogP contribution in [-0.4, -0.2) is 101 Å². The van der Waals surface area contributed by atoms with E-state index >= 15 is 0 Å². The van der Waals surface area contributed by atoms with Crippen LogP contribution in [0.5, 0.6) is 0 Å². The molecule has 4 atom stereocenters. The number of carbonyl (C=O) groups excluding carboxylic acids is 5. The van der Waals surface area contributed by atoms with Crippen molar-refractivity contribution < 1.29 is 38.2 Å². The van der Waals surface area contributed by atoms with Gasteiger partial charge in [0.25, 0.3) is 0 Å². The topological polar surface area (TPSA) is 172 Å². The second-order valence-corrected chi connectivity index (χ2v) is 15.5. The normalized spacial score (nSPS) is 19.0. The number of benzene rings is 2. The standard InChI is InChI=1S/C42H54N6O8/c1-6-46-32(22-30-15-14-29(24-43)21-36(30)46)17-16-31-13-10-20-47(31)38(50)25-48-33(27-54-5)18-19-34(39(48)51)44-37(49)23-35(45-41(53)56-42(2,3)4)40(52)55-26-28-11-8-7-9-12-28/h7-9,11-12,14-15,21-22,31,33-35H,6,10,13,16-20,23,25-27H2,1-5H3,(H,44,49)(H,45,53)/t31-,33?,34?,35-/m0/s1. The maximum atomic E-state index is 14.0. The average molecular weight is 771 g/mol. The summed E-state index contributed by atoms with van der Waals surface area (Å²) in [7, 11) is 1.54. The molecule has 300 valence electrons. The average Bonchev–Trinajstić information content (AvgIpc) is 3.78. The number of aryl methyl sites for hydroxylation is 2. The molecule has 5 rings (SSSR count). The first-order valence-corrected chi connectivity index (χ1v) is 19.4. The maximum absolute atomic E-state index is 14.0. The Hall–Kier alpha value is -5.42. The van der Waals surface area contributed by atoms with E-state index in [0.29, 0.717) is 24.9 Å². The van der Waals surface area contributed by atoms with E-state index in [0.717, 1.165) is 54.4 Å². The minimum absolute atomic E-state index is 0.00723. The number of hydrogen-bond acceptors (Lipinski definition) is 9. The van der Waals surface area contributed by atoms with Crippen molar-refractivity contribution in [2.75, 3.05) is 26.8 Å². The van der Waals surface area contributed by atoms with Gasteiger partial charge < -0.3 is 39.2 Å². The van der Waals surface area contributed by atoms with Crippen LogP contribution in [0.25, 0.3) is 10.9 Å². The molecule has 0 aliphatic carbocycles. The van der Waals surface area contributed by atoms with Gasteiger partial charge in [0.2, 0.25) is 17.7 Å². The van der Waals surface area contributed by atoms with Crippen molar-refractivity contribution in [1.29, 1.82) is 5.26 Å². The van der Waals surface area contributed by atoms with Crippen LogP contribution in [0.3, 0.4) is 0 Å². The molecular weight excluding hydrogens is 716 g/mol. The van der Waals surface area contributed by atoms with Gasteiger partial charge in [0.1, 0.15) is 30.8 Å². The van der Waals surface area contributed by atoms with Crippen LogP contribution in [0.15, 0.2) is 54.6 Å². The largest absolute Gasteiger partial charge is 0.459 e. The first kappa shape index (κ1) is 41.7. The van der Waals surface area contributed by atoms with Gasteiger partial charge in [-0.05, 0) is 95.4 Å². The summed E-state index contributed by atoms with van der Waals surface area (Å²) in [6, 6.07) is 16.4. The fraction of sp³-hybridized carbons (Fsp3) is 0.524. The number of carbonyl (C=O) groups is 5. The van der Waals surface area contributed by atoms with E-state index in [2.05, 4.69) is 34.3 Å². The fourth-order valence-electron chi connectivity index (χ4n) is 7.61. The van der Waals surface area contributed by atoms with Crippen molar-refractivity contribution in [3.8, 4) is 6.07 Å². The summed E-state index contributed by atoms with van der Waals surface area (Å²) >= 11 is 0. The molecule has 2 saturated heterocycles. The third-order valence-corrected chi connectivity index (χ3v) is 10.3. The lowest BCUT2D eigenvalue weighted by molar-refractivity contribution is -0.150. The molecule has 0 saturated carbocycles. The molecule has 4 amide bonds. The number of nitriles is 1. The Labute approximate surface area is 328 Å². The molecule has 14 heteroatoms. The van der Waals surface area contributed by atoms with E-state index in [9.17, 15) is 29.2 Å². The van der Waals surface area contributed by atoms with Gasteiger partial charge in [0, 0.05) is 37.5 Å². The van der Waals surface area contributed by atoms with Crippen molar-refractivity contribution in [2.24, 2.45) is 0 Å². The minimum Gasteiger partial charge on any atom is -0.459 e. The van der Waals surface area contributed by atoms with Crippen LogP contribution in [-0.2, 0) is 53.0 Å². The third kappa shape index (κ3) is 10.9. The van der Waals surface area contributed by atoms with Gasteiger partial charge in [-0.1, -0.05) is 36.4 Å². The Balaban J connectivity index is 1.22. The zero-order valence-corrected chi connectivity index (χ0v) is 33.0. The molecule has 0 radical (unpaired) electrons. The van der Waals surface area contributed by atoms with Gasteiger partial charge in [0.15, 0.2) is 0 Å². The number of hydrogen-bond donors (Lipinski definition) is 2. The first-order valence-electron chi connectivity index (χ1n) is 19.4. The number of alkyl carbamates (subject to hydrolysis) is 1. The summed E-state index contributed by atoms with van der Waals surface area (Å²) < 4.78 is 18.4. The SMILES string of the molecule is CCn1c(CC[C@@H]2CCCN2C(=O)CN2C(=O)C(NC(=O)C[C@H](NC(=O)OC(C)(C)C)C(=O)OCc3ccccc3)CCC2COC)cc2ccc(C#N)cc21. The van der Waals surface area contributed by atoms with E-state index < -0.39 is 48.0 Å². The predicted octanol–water partition coefficient (Wildman–Crippen LogP) is 4.61. The number of ether oxygens (including phenoxy) is 3. The summed E-state index contributed by atoms with van der Waals surface area (Å²) in [6.07, 6.45) is 2.63. The van der Waals surface area contributed by atoms with Crippen LogP contribution in [0.4, 0.5) is 4.79 Å². The van der Waals surface area contributed by atoms with Crippen molar-refractivity contribution in [2.45, 2.75) is 116 Å². The van der Waals surface area contributed by atoms with Crippen LogP contribution in [0, 0.1) is 11.3 Å². The highest BCUT2D eigenvalue weighted by molar-refractivity contribution is 5.93. The lowest BCUT2D eigenvalue weighted by atomic mass is 9.97. The van der Waals surface area contributed by atoms with E-state index in [4.69, 9.17) is 14.2 Å². The number of likely N-dealkylation sites (tertiary alicyclic amines) is 2. The number of amides is 4. The summed E-state index contributed by atoms with van der Waals surface area (Å²) in [5, 5.41) is 15.7. The predicted molar refractivity (Wildman–Crippen MR) is 208 cm³/mol. The molecular formula is C42H54N6O8. The number of aromatic nitrogens is 1. The van der Waals surface area contributed by atoms with Gasteiger partial charge in [0.05, 0.1) is 30.7 Å². The van der Waals surface area contributed by atoms with Crippen LogP contribution in [0.1, 0.15) is 83.0 Å². The van der Waals surface area contributed by atoms with Crippen molar-refractivity contribution >= 4 is 40.7 Å². The second kappa shape index (κ2) is 18.9. The molecule has 2 fully saturated rings. The Kier molecular flexibility index (Phi) is 14.1. The highest BCUT2D eigenvalue weighted by atomic mass is 16.6. The van der Waals surface area contributed by atoms with Gasteiger partial charge in [-0.3, -0.25) is 14.4 Å². The van der Waals surface area contributed by atoms with Crippen molar-refractivity contribution in [1.82, 2.24) is 25.0 Å². The fourth-order valence-corrected chi connectivity index (χ4v) is 7.61. The number of nitrogens with zero attached hydrogens (tertiary/aromatic N) is 4. The first-order chi connectivity index (χ1) is 26.8. The van der Waals surface area contributed by atoms with E-state index in [1.807, 2.05) is 29.2 Å². The lowest BCUT2D eigenvalue weighted by Crippen LogP contribution is -2.60. The zero-order chi connectivity index (χ0) is 40.4. The Morgan fingerprint density at radius 2 is 1.79 bits per heavy atom. The zero-order valence-electron chi connectivity index (χ0n) is 33.0. The van der Waals surface area contributed by atoms with E-state index in [1.165, 1.54) is 4.90 Å². The van der Waals surface area contributed by atoms with Crippen molar-refractivity contribution in [3.63, 3.8) is 0 Å². The maximum Gasteiger partial charge on any atom is 0.408 e. The van der Waals surface area contributed by atoms with Gasteiger partial charge >= 0.3 is 12.1 Å². The van der Waals surface area contributed by atoms with E-state index in [-0.39, 0.29) is 37.7 Å². The monoisotopic (exact) mass is 770 g/mol. The summed E-state index contributed by atoms with van der Waals surface area (Å²) in [5.41, 5.74) is 2.66.